The van der Waals surface area contributed by atoms with E-state index in [9.17, 15) is 4.79 Å². The molecule has 1 atom stereocenters. The Morgan fingerprint density at radius 1 is 1.17 bits per heavy atom. The predicted octanol–water partition coefficient (Wildman–Crippen LogP) is 3.32. The first kappa shape index (κ1) is 20.6. The van der Waals surface area contributed by atoms with Crippen molar-refractivity contribution in [2.75, 3.05) is 32.7 Å². The molecule has 1 aromatic carbocycles. The number of aryl methyl sites for hydroxylation is 1. The number of piperazine rings is 1. The van der Waals surface area contributed by atoms with Crippen molar-refractivity contribution in [3.63, 3.8) is 0 Å². The Bertz CT molecular complexity index is 849. The van der Waals surface area contributed by atoms with Crippen LogP contribution < -0.4 is 0 Å². The van der Waals surface area contributed by atoms with Gasteiger partial charge in [0.15, 0.2) is 5.82 Å². The molecule has 29 heavy (non-hydrogen) atoms. The van der Waals surface area contributed by atoms with E-state index < -0.39 is 9.75 Å². The number of benzene rings is 1. The van der Waals surface area contributed by atoms with Crippen LogP contribution in [-0.4, -0.2) is 62.9 Å². The number of alkyl halides is 2. The molecular formula is C21H26Cl2N4O2. The fourth-order valence-corrected chi connectivity index (χ4v) is 4.55. The normalized spacial score (nSPS) is 23.9. The molecule has 2 fully saturated rings. The largest absolute Gasteiger partial charge is 0.340 e. The zero-order chi connectivity index (χ0) is 20.5. The van der Waals surface area contributed by atoms with Crippen LogP contribution in [0.15, 0.2) is 34.9 Å². The Balaban J connectivity index is 1.17. The fourth-order valence-electron chi connectivity index (χ4n) is 3.85. The third-order valence-electron chi connectivity index (χ3n) is 5.97. The number of amides is 1. The van der Waals surface area contributed by atoms with Crippen molar-refractivity contribution in [2.45, 2.75) is 36.9 Å². The smallest absolute Gasteiger partial charge is 0.231 e. The Labute approximate surface area is 181 Å². The van der Waals surface area contributed by atoms with Crippen molar-refractivity contribution in [1.29, 1.82) is 0 Å². The molecule has 156 valence electrons. The molecule has 0 N–H and O–H groups in total. The maximum Gasteiger partial charge on any atom is 0.231 e. The Kier molecular flexibility index (Phi) is 5.87. The third-order valence-corrected chi connectivity index (χ3v) is 7.07. The number of carbonyl (C=O) groups excluding carboxylic acids is 1. The van der Waals surface area contributed by atoms with Crippen LogP contribution in [0.2, 0.25) is 0 Å². The van der Waals surface area contributed by atoms with Gasteiger partial charge in [-0.25, -0.2) is 0 Å². The van der Waals surface area contributed by atoms with Gasteiger partial charge in [0.2, 0.25) is 11.8 Å². The first-order valence-electron chi connectivity index (χ1n) is 10.1. The minimum absolute atomic E-state index is 0.0824. The molecule has 1 saturated carbocycles. The SMILES string of the molecule is C[C@]1(C(=O)N2CCN(CCCc3nc(Cc4ccccc4)no3)CC2)CC1(Cl)Cl. The van der Waals surface area contributed by atoms with Gasteiger partial charge >= 0.3 is 0 Å². The summed E-state index contributed by atoms with van der Waals surface area (Å²) in [6.07, 6.45) is 2.94. The van der Waals surface area contributed by atoms with Gasteiger partial charge in [0.1, 0.15) is 4.33 Å². The lowest BCUT2D eigenvalue weighted by Crippen LogP contribution is -2.51. The summed E-state index contributed by atoms with van der Waals surface area (Å²) in [5.74, 6) is 1.49. The molecule has 1 aromatic heterocycles. The molecule has 2 aliphatic rings. The number of aromatic nitrogens is 2. The van der Waals surface area contributed by atoms with Crippen molar-refractivity contribution in [3.05, 3.63) is 47.6 Å². The molecule has 2 heterocycles. The highest BCUT2D eigenvalue weighted by molar-refractivity contribution is 6.53. The molecule has 1 aliphatic heterocycles. The van der Waals surface area contributed by atoms with Gasteiger partial charge in [0, 0.05) is 39.0 Å². The summed E-state index contributed by atoms with van der Waals surface area (Å²) < 4.78 is 4.48. The molecule has 1 amide bonds. The number of carbonyl (C=O) groups is 1. The number of rotatable bonds is 7. The van der Waals surface area contributed by atoms with Crippen LogP contribution in [0, 0.1) is 5.41 Å². The minimum Gasteiger partial charge on any atom is -0.340 e. The molecule has 0 spiro atoms. The Hall–Kier alpha value is -1.63. The third kappa shape index (κ3) is 4.60. The van der Waals surface area contributed by atoms with E-state index in [0.29, 0.717) is 18.7 Å². The van der Waals surface area contributed by atoms with E-state index in [2.05, 4.69) is 27.2 Å². The van der Waals surface area contributed by atoms with E-state index in [1.807, 2.05) is 30.0 Å². The van der Waals surface area contributed by atoms with E-state index in [1.165, 1.54) is 5.56 Å². The van der Waals surface area contributed by atoms with Gasteiger partial charge < -0.3 is 9.42 Å². The summed E-state index contributed by atoms with van der Waals surface area (Å²) in [5.41, 5.74) is 0.557. The molecule has 0 bridgehead atoms. The van der Waals surface area contributed by atoms with Crippen LogP contribution in [0.5, 0.6) is 0 Å². The molecular weight excluding hydrogens is 411 g/mol. The van der Waals surface area contributed by atoms with Gasteiger partial charge in [-0.05, 0) is 31.9 Å². The van der Waals surface area contributed by atoms with Crippen LogP contribution in [-0.2, 0) is 17.6 Å². The van der Waals surface area contributed by atoms with Gasteiger partial charge in [0.05, 0.1) is 5.41 Å². The van der Waals surface area contributed by atoms with Gasteiger partial charge in [-0.2, -0.15) is 4.98 Å². The second-order valence-corrected chi connectivity index (χ2v) is 9.70. The number of hydrogen-bond donors (Lipinski definition) is 0. The standard InChI is InChI=1S/C21H26Cl2N4O2/c1-20(15-21(20,22)23)19(28)27-12-10-26(11-13-27)9-5-8-18-24-17(25-29-18)14-16-6-3-2-4-7-16/h2-4,6-7H,5,8-15H2,1H3/t20-/m1/s1. The van der Waals surface area contributed by atoms with E-state index >= 15 is 0 Å². The molecule has 8 heteroatoms. The molecule has 0 radical (unpaired) electrons. The van der Waals surface area contributed by atoms with Gasteiger partial charge in [-0.3, -0.25) is 9.69 Å². The first-order valence-corrected chi connectivity index (χ1v) is 10.9. The lowest BCUT2D eigenvalue weighted by molar-refractivity contribution is -0.138. The van der Waals surface area contributed by atoms with Crippen LogP contribution in [0.3, 0.4) is 0 Å². The van der Waals surface area contributed by atoms with Crippen LogP contribution in [0.4, 0.5) is 0 Å². The summed E-state index contributed by atoms with van der Waals surface area (Å²) in [5, 5.41) is 4.08. The molecule has 6 nitrogen and oxygen atoms in total. The quantitative estimate of drug-likeness (QED) is 0.622. The zero-order valence-electron chi connectivity index (χ0n) is 16.6. The predicted molar refractivity (Wildman–Crippen MR) is 112 cm³/mol. The zero-order valence-corrected chi connectivity index (χ0v) is 18.1. The molecule has 2 aromatic rings. The Morgan fingerprint density at radius 2 is 1.86 bits per heavy atom. The second-order valence-electron chi connectivity index (χ2n) is 8.22. The summed E-state index contributed by atoms with van der Waals surface area (Å²) in [6.45, 7) is 5.98. The lowest BCUT2D eigenvalue weighted by atomic mass is 10.1. The van der Waals surface area contributed by atoms with E-state index in [-0.39, 0.29) is 5.91 Å². The van der Waals surface area contributed by atoms with Gasteiger partial charge in [0.25, 0.3) is 0 Å². The average Bonchev–Trinajstić information content (AvgIpc) is 3.02. The van der Waals surface area contributed by atoms with Crippen molar-refractivity contribution >= 4 is 29.1 Å². The fraction of sp³-hybridized carbons (Fsp3) is 0.571. The number of hydrogen-bond acceptors (Lipinski definition) is 5. The van der Waals surface area contributed by atoms with E-state index in [0.717, 1.165) is 51.4 Å². The number of halogens is 2. The van der Waals surface area contributed by atoms with Crippen molar-refractivity contribution in [2.24, 2.45) is 5.41 Å². The summed E-state index contributed by atoms with van der Waals surface area (Å²) in [7, 11) is 0. The van der Waals surface area contributed by atoms with Crippen LogP contribution in [0.1, 0.15) is 37.0 Å². The van der Waals surface area contributed by atoms with Crippen molar-refractivity contribution in [3.8, 4) is 0 Å². The summed E-state index contributed by atoms with van der Waals surface area (Å²) in [6, 6.07) is 10.1. The monoisotopic (exact) mass is 436 g/mol. The Morgan fingerprint density at radius 3 is 2.52 bits per heavy atom. The van der Waals surface area contributed by atoms with Crippen molar-refractivity contribution in [1.82, 2.24) is 19.9 Å². The van der Waals surface area contributed by atoms with E-state index in [4.69, 9.17) is 27.7 Å². The molecule has 4 rings (SSSR count). The highest BCUT2D eigenvalue weighted by Crippen LogP contribution is 2.64. The van der Waals surface area contributed by atoms with Crippen LogP contribution >= 0.6 is 23.2 Å². The number of nitrogens with zero attached hydrogens (tertiary/aromatic N) is 4. The van der Waals surface area contributed by atoms with Crippen molar-refractivity contribution < 1.29 is 9.32 Å². The lowest BCUT2D eigenvalue weighted by Gasteiger charge is -2.36. The van der Waals surface area contributed by atoms with E-state index in [1.54, 1.807) is 0 Å². The maximum absolute atomic E-state index is 12.6. The molecule has 1 aliphatic carbocycles. The summed E-state index contributed by atoms with van der Waals surface area (Å²) in [4.78, 5) is 21.4. The van der Waals surface area contributed by atoms with Gasteiger partial charge in [-0.1, -0.05) is 35.5 Å². The first-order chi connectivity index (χ1) is 13.9. The highest BCUT2D eigenvalue weighted by Gasteiger charge is 2.68. The highest BCUT2D eigenvalue weighted by atomic mass is 35.5. The topological polar surface area (TPSA) is 62.5 Å². The summed E-state index contributed by atoms with van der Waals surface area (Å²) >= 11 is 12.3. The second kappa shape index (κ2) is 8.25. The average molecular weight is 437 g/mol. The van der Waals surface area contributed by atoms with Crippen LogP contribution in [0.25, 0.3) is 0 Å². The molecule has 1 saturated heterocycles. The minimum atomic E-state index is -0.898. The molecule has 0 unspecified atom stereocenters. The van der Waals surface area contributed by atoms with Gasteiger partial charge in [-0.15, -0.1) is 23.2 Å². The maximum atomic E-state index is 12.6.